The number of thiazole rings is 1. The van der Waals surface area contributed by atoms with Crippen molar-refractivity contribution in [2.75, 3.05) is 44.3 Å². The molecule has 0 spiro atoms. The Morgan fingerprint density at radius 3 is 2.49 bits per heavy atom. The molecule has 1 amide bonds. The molecule has 1 aliphatic heterocycles. The lowest BCUT2D eigenvalue weighted by atomic mass is 10.1. The molecule has 0 bridgehead atoms. The Morgan fingerprint density at radius 2 is 1.83 bits per heavy atom. The molecule has 3 aromatic rings. The molecule has 2 aromatic carbocycles. The Bertz CT molecular complexity index is 1120. The van der Waals surface area contributed by atoms with Gasteiger partial charge in [0.1, 0.15) is 5.75 Å². The number of hydrogen-bond acceptors (Lipinski definition) is 6. The summed E-state index contributed by atoms with van der Waals surface area (Å²) in [5, 5.41) is 0.461. The summed E-state index contributed by atoms with van der Waals surface area (Å²) in [7, 11) is 0. The first-order chi connectivity index (χ1) is 16.3. The van der Waals surface area contributed by atoms with Crippen LogP contribution in [0.3, 0.4) is 0 Å². The molecule has 0 atom stereocenters. The Labute approximate surface area is 212 Å². The van der Waals surface area contributed by atoms with E-state index in [9.17, 15) is 18.0 Å². The maximum atomic E-state index is 13.3. The minimum absolute atomic E-state index is 0. The summed E-state index contributed by atoms with van der Waals surface area (Å²) < 4.78 is 47.8. The number of morpholine rings is 1. The van der Waals surface area contributed by atoms with E-state index in [1.165, 1.54) is 35.1 Å². The average molecular weight is 530 g/mol. The maximum Gasteiger partial charge on any atom is 0.573 e. The molecule has 1 aromatic heterocycles. The minimum Gasteiger partial charge on any atom is -0.406 e. The van der Waals surface area contributed by atoms with Crippen LogP contribution in [0, 0.1) is 0 Å². The number of nitrogens with zero attached hydrogens (tertiary/aromatic N) is 3. The first-order valence-electron chi connectivity index (χ1n) is 11.2. The van der Waals surface area contributed by atoms with Crippen molar-refractivity contribution in [3.05, 3.63) is 53.6 Å². The minimum atomic E-state index is -4.77. The Kier molecular flexibility index (Phi) is 9.34. The standard InChI is InChI=1S/C24H26F3N3O3S.ClH/c1-2-17-3-5-18(6-4-17)15-22(31)30(10-9-29-11-13-32-14-12-29)23-28-20-8-7-19(16-21(20)34-23)33-24(25,26)27;/h3-8,16H,2,9-15H2,1H3;1H. The van der Waals surface area contributed by atoms with E-state index in [4.69, 9.17) is 4.74 Å². The summed E-state index contributed by atoms with van der Waals surface area (Å²) in [5.74, 6) is -0.416. The third kappa shape index (κ3) is 7.54. The summed E-state index contributed by atoms with van der Waals surface area (Å²) in [5.41, 5.74) is 2.62. The highest BCUT2D eigenvalue weighted by Crippen LogP contribution is 2.33. The fourth-order valence-electron chi connectivity index (χ4n) is 3.76. The van der Waals surface area contributed by atoms with E-state index in [1.807, 2.05) is 24.3 Å². The fraction of sp³-hybridized carbons (Fsp3) is 0.417. The van der Waals surface area contributed by atoms with Crippen LogP contribution in [0.1, 0.15) is 18.1 Å². The fourth-order valence-corrected chi connectivity index (χ4v) is 4.80. The van der Waals surface area contributed by atoms with Crippen molar-refractivity contribution in [2.45, 2.75) is 26.1 Å². The number of ether oxygens (including phenoxy) is 2. The van der Waals surface area contributed by atoms with E-state index < -0.39 is 6.36 Å². The summed E-state index contributed by atoms with van der Waals surface area (Å²) in [4.78, 5) is 21.8. The van der Waals surface area contributed by atoms with Gasteiger partial charge in [-0.3, -0.25) is 14.6 Å². The summed E-state index contributed by atoms with van der Waals surface area (Å²) in [6.07, 6.45) is -3.63. The van der Waals surface area contributed by atoms with Gasteiger partial charge in [0.15, 0.2) is 5.13 Å². The van der Waals surface area contributed by atoms with Crippen molar-refractivity contribution in [3.8, 4) is 5.75 Å². The molecule has 11 heteroatoms. The quantitative estimate of drug-likeness (QED) is 0.407. The smallest absolute Gasteiger partial charge is 0.406 e. The van der Waals surface area contributed by atoms with E-state index >= 15 is 0 Å². The third-order valence-electron chi connectivity index (χ3n) is 5.64. The number of aryl methyl sites for hydroxylation is 1. The maximum absolute atomic E-state index is 13.3. The Balaban J connectivity index is 0.00000342. The van der Waals surface area contributed by atoms with Gasteiger partial charge in [-0.25, -0.2) is 4.98 Å². The van der Waals surface area contributed by atoms with Crippen molar-refractivity contribution in [2.24, 2.45) is 0 Å². The predicted octanol–water partition coefficient (Wildman–Crippen LogP) is 5.09. The monoisotopic (exact) mass is 529 g/mol. The molecule has 0 unspecified atom stereocenters. The summed E-state index contributed by atoms with van der Waals surface area (Å²) in [6.45, 7) is 6.05. The molecule has 35 heavy (non-hydrogen) atoms. The first-order valence-corrected chi connectivity index (χ1v) is 12.0. The number of carbonyl (C=O) groups excluding carboxylic acids is 1. The topological polar surface area (TPSA) is 54.9 Å². The Morgan fingerprint density at radius 1 is 1.14 bits per heavy atom. The zero-order chi connectivity index (χ0) is 24.1. The molecule has 6 nitrogen and oxygen atoms in total. The Hall–Kier alpha value is -2.40. The molecule has 2 heterocycles. The summed E-state index contributed by atoms with van der Waals surface area (Å²) >= 11 is 1.18. The lowest BCUT2D eigenvalue weighted by Crippen LogP contribution is -2.43. The normalized spacial score (nSPS) is 14.5. The molecule has 190 valence electrons. The molecular formula is C24H27ClF3N3O3S. The van der Waals surface area contributed by atoms with Crippen LogP contribution in [0.4, 0.5) is 18.3 Å². The highest BCUT2D eigenvalue weighted by Gasteiger charge is 2.31. The zero-order valence-corrected chi connectivity index (χ0v) is 20.8. The van der Waals surface area contributed by atoms with Crippen molar-refractivity contribution in [1.29, 1.82) is 0 Å². The van der Waals surface area contributed by atoms with Crippen molar-refractivity contribution >= 4 is 45.0 Å². The SMILES string of the molecule is CCc1ccc(CC(=O)N(CCN2CCOCC2)c2nc3ccc(OC(F)(F)F)cc3s2)cc1.Cl. The van der Waals surface area contributed by atoms with Crippen molar-refractivity contribution < 1.29 is 27.4 Å². The van der Waals surface area contributed by atoms with Gasteiger partial charge < -0.3 is 9.47 Å². The van der Waals surface area contributed by atoms with Crippen LogP contribution >= 0.6 is 23.7 Å². The van der Waals surface area contributed by atoms with Gasteiger partial charge in [0.2, 0.25) is 5.91 Å². The number of carbonyl (C=O) groups is 1. The number of benzene rings is 2. The molecule has 1 fully saturated rings. The molecule has 0 N–H and O–H groups in total. The lowest BCUT2D eigenvalue weighted by Gasteiger charge is -2.29. The number of amides is 1. The lowest BCUT2D eigenvalue weighted by molar-refractivity contribution is -0.274. The van der Waals surface area contributed by atoms with Crippen LogP contribution in [-0.4, -0.2) is 61.5 Å². The van der Waals surface area contributed by atoms with Crippen LogP contribution in [0.2, 0.25) is 0 Å². The molecular weight excluding hydrogens is 503 g/mol. The van der Waals surface area contributed by atoms with Crippen LogP contribution in [0.5, 0.6) is 5.75 Å². The molecule has 0 aliphatic carbocycles. The second-order valence-corrected chi connectivity index (χ2v) is 9.03. The molecule has 1 aliphatic rings. The third-order valence-corrected chi connectivity index (χ3v) is 6.69. The number of halogens is 4. The van der Waals surface area contributed by atoms with Gasteiger partial charge in [-0.15, -0.1) is 25.6 Å². The van der Waals surface area contributed by atoms with Crippen molar-refractivity contribution in [3.63, 3.8) is 0 Å². The summed E-state index contributed by atoms with van der Waals surface area (Å²) in [6, 6.07) is 11.9. The number of aromatic nitrogens is 1. The number of fused-ring (bicyclic) bond motifs is 1. The van der Waals surface area contributed by atoms with Gasteiger partial charge in [0, 0.05) is 32.2 Å². The van der Waals surface area contributed by atoms with Crippen LogP contribution in [0.15, 0.2) is 42.5 Å². The first kappa shape index (κ1) is 27.2. The van der Waals surface area contributed by atoms with E-state index in [0.717, 1.165) is 25.1 Å². The van der Waals surface area contributed by atoms with Crippen LogP contribution in [0.25, 0.3) is 10.2 Å². The average Bonchev–Trinajstić information content (AvgIpc) is 3.22. The second-order valence-electron chi connectivity index (χ2n) is 8.02. The molecule has 4 rings (SSSR count). The van der Waals surface area contributed by atoms with Crippen molar-refractivity contribution in [1.82, 2.24) is 9.88 Å². The molecule has 0 radical (unpaired) electrons. The number of anilines is 1. The highest BCUT2D eigenvalue weighted by molar-refractivity contribution is 7.22. The van der Waals surface area contributed by atoms with Gasteiger partial charge in [0.25, 0.3) is 0 Å². The predicted molar refractivity (Wildman–Crippen MR) is 133 cm³/mol. The highest BCUT2D eigenvalue weighted by atomic mass is 35.5. The van der Waals surface area contributed by atoms with E-state index in [1.54, 1.807) is 4.90 Å². The van der Waals surface area contributed by atoms with Gasteiger partial charge in [-0.2, -0.15) is 0 Å². The number of rotatable bonds is 8. The van der Waals surface area contributed by atoms with E-state index in [-0.39, 0.29) is 30.5 Å². The van der Waals surface area contributed by atoms with Gasteiger partial charge in [0.05, 0.1) is 29.9 Å². The molecule has 1 saturated heterocycles. The number of hydrogen-bond donors (Lipinski definition) is 0. The van der Waals surface area contributed by atoms with Gasteiger partial charge >= 0.3 is 6.36 Å². The van der Waals surface area contributed by atoms with Crippen LogP contribution < -0.4 is 9.64 Å². The van der Waals surface area contributed by atoms with E-state index in [0.29, 0.717) is 41.7 Å². The van der Waals surface area contributed by atoms with Crippen LogP contribution in [-0.2, 0) is 22.4 Å². The number of alkyl halides is 3. The van der Waals surface area contributed by atoms with Gasteiger partial charge in [-0.05, 0) is 29.7 Å². The second kappa shape index (κ2) is 12.0. The van der Waals surface area contributed by atoms with E-state index in [2.05, 4.69) is 21.5 Å². The van der Waals surface area contributed by atoms with Gasteiger partial charge in [-0.1, -0.05) is 42.5 Å². The zero-order valence-electron chi connectivity index (χ0n) is 19.2. The largest absolute Gasteiger partial charge is 0.573 e. The molecule has 0 saturated carbocycles.